The van der Waals surface area contributed by atoms with E-state index in [-0.39, 0.29) is 18.4 Å². The summed E-state index contributed by atoms with van der Waals surface area (Å²) in [5.74, 6) is -0.0388. The summed E-state index contributed by atoms with van der Waals surface area (Å²) in [7, 11) is 0. The molecule has 4 rings (SSSR count). The third kappa shape index (κ3) is 5.45. The minimum atomic E-state index is -0.0610. The Balaban J connectivity index is 1.72. The van der Waals surface area contributed by atoms with E-state index in [2.05, 4.69) is 46.4 Å². The molecule has 0 bridgehead atoms. The largest absolute Gasteiger partial charge is 0.396 e. The first-order chi connectivity index (χ1) is 16.1. The van der Waals surface area contributed by atoms with Gasteiger partial charge in [0.1, 0.15) is 0 Å². The van der Waals surface area contributed by atoms with E-state index in [1.54, 1.807) is 0 Å². The van der Waals surface area contributed by atoms with Gasteiger partial charge >= 0.3 is 0 Å². The molecule has 3 heterocycles. The van der Waals surface area contributed by atoms with Crippen molar-refractivity contribution in [1.82, 2.24) is 10.3 Å². The third-order valence-electron chi connectivity index (χ3n) is 6.78. The molecule has 1 aromatic carbocycles. The van der Waals surface area contributed by atoms with E-state index in [9.17, 15) is 9.90 Å². The van der Waals surface area contributed by atoms with Crippen molar-refractivity contribution in [3.63, 3.8) is 0 Å². The number of pyridine rings is 1. The van der Waals surface area contributed by atoms with Gasteiger partial charge in [0.05, 0.1) is 0 Å². The fourth-order valence-electron chi connectivity index (χ4n) is 5.01. The number of hydrogen-bond acceptors (Lipinski definition) is 5. The Bertz CT molecular complexity index is 998. The number of amides is 1. The molecule has 2 aliphatic heterocycles. The molecule has 2 N–H and O–H groups in total. The first-order valence-corrected chi connectivity index (χ1v) is 12.1. The average Bonchev–Trinajstić information content (AvgIpc) is 2.83. The predicted octanol–water partition coefficient (Wildman–Crippen LogP) is 3.59. The van der Waals surface area contributed by atoms with Crippen molar-refractivity contribution in [2.75, 3.05) is 31.3 Å². The van der Waals surface area contributed by atoms with Crippen LogP contribution in [0.3, 0.4) is 0 Å². The van der Waals surface area contributed by atoms with E-state index in [1.165, 1.54) is 0 Å². The molecule has 1 saturated heterocycles. The van der Waals surface area contributed by atoms with Crippen molar-refractivity contribution in [1.29, 1.82) is 0 Å². The molecule has 2 aliphatic rings. The Labute approximate surface area is 196 Å². The number of nitrogens with zero attached hydrogens (tertiary/aromatic N) is 2. The lowest BCUT2D eigenvalue weighted by atomic mass is 9.93. The molecule has 33 heavy (non-hydrogen) atoms. The van der Waals surface area contributed by atoms with Crippen LogP contribution in [0.1, 0.15) is 52.5 Å². The van der Waals surface area contributed by atoms with Crippen LogP contribution < -0.4 is 10.2 Å². The van der Waals surface area contributed by atoms with Gasteiger partial charge in [-0.25, -0.2) is 0 Å². The maximum Gasteiger partial charge on any atom is 0.251 e. The van der Waals surface area contributed by atoms with E-state index < -0.39 is 0 Å². The highest BCUT2D eigenvalue weighted by atomic mass is 16.5. The predicted molar refractivity (Wildman–Crippen MR) is 131 cm³/mol. The van der Waals surface area contributed by atoms with Gasteiger partial charge in [0.2, 0.25) is 0 Å². The fourth-order valence-corrected chi connectivity index (χ4v) is 5.01. The molecule has 1 amide bonds. The molecular formula is C27H35N3O3. The number of carbonyl (C=O) groups excluding carboxylic acids is 1. The van der Waals surface area contributed by atoms with Crippen LogP contribution in [0.4, 0.5) is 5.69 Å². The van der Waals surface area contributed by atoms with Gasteiger partial charge in [-0.1, -0.05) is 18.2 Å². The molecule has 2 aromatic rings. The number of carbonyl (C=O) groups is 1. The number of allylic oxidation sites excluding steroid dienone is 1. The topological polar surface area (TPSA) is 74.7 Å². The normalized spacial score (nSPS) is 20.6. The minimum absolute atomic E-state index is 0.0223. The summed E-state index contributed by atoms with van der Waals surface area (Å²) in [6, 6.07) is 8.51. The summed E-state index contributed by atoms with van der Waals surface area (Å²) in [6.45, 7) is 7.08. The summed E-state index contributed by atoms with van der Waals surface area (Å²) >= 11 is 0. The maximum atomic E-state index is 13.3. The first-order valence-electron chi connectivity index (χ1n) is 12.1. The van der Waals surface area contributed by atoms with Gasteiger partial charge in [-0.2, -0.15) is 0 Å². The number of aliphatic hydroxyl groups excluding tert-OH is 1. The van der Waals surface area contributed by atoms with Crippen LogP contribution in [0.5, 0.6) is 0 Å². The number of anilines is 1. The number of nitrogens with one attached hydrogen (secondary N) is 1. The first kappa shape index (κ1) is 23.5. The zero-order chi connectivity index (χ0) is 23.2. The molecule has 6 nitrogen and oxygen atoms in total. The van der Waals surface area contributed by atoms with E-state index in [1.807, 2.05) is 25.3 Å². The molecule has 1 fully saturated rings. The summed E-state index contributed by atoms with van der Waals surface area (Å²) < 4.78 is 5.58. The number of aryl methyl sites for hydroxylation is 1. The summed E-state index contributed by atoms with van der Waals surface area (Å²) in [4.78, 5) is 20.2. The van der Waals surface area contributed by atoms with Gasteiger partial charge in [-0.3, -0.25) is 9.78 Å². The maximum absolute atomic E-state index is 13.3. The number of aliphatic hydroxyl groups is 1. The summed E-state index contributed by atoms with van der Waals surface area (Å²) in [6.07, 6.45) is 9.42. The zero-order valence-corrected chi connectivity index (χ0v) is 19.7. The average molecular weight is 450 g/mol. The number of rotatable bonds is 4. The SMILES string of the molecule is CCN(c1cccc2c1C/C=C\C(CO)Cc1cc(C)ncc1CNC2=O)C1CCOCC1. The van der Waals surface area contributed by atoms with Gasteiger partial charge < -0.3 is 20.1 Å². The molecule has 1 unspecified atom stereocenters. The Morgan fingerprint density at radius 1 is 1.24 bits per heavy atom. The van der Waals surface area contributed by atoms with Gasteiger partial charge in [-0.15, -0.1) is 0 Å². The van der Waals surface area contributed by atoms with Gasteiger partial charge in [0, 0.05) is 68.0 Å². The molecule has 0 radical (unpaired) electrons. The quantitative estimate of drug-likeness (QED) is 0.698. The molecule has 0 spiro atoms. The second kappa shape index (κ2) is 10.9. The van der Waals surface area contributed by atoms with Crippen molar-refractivity contribution in [2.24, 2.45) is 5.92 Å². The molecule has 0 aliphatic carbocycles. The zero-order valence-electron chi connectivity index (χ0n) is 19.7. The molecule has 6 heteroatoms. The number of aromatic nitrogens is 1. The van der Waals surface area contributed by atoms with Crippen molar-refractivity contribution >= 4 is 11.6 Å². The van der Waals surface area contributed by atoms with Crippen molar-refractivity contribution in [3.8, 4) is 0 Å². The minimum Gasteiger partial charge on any atom is -0.396 e. The Morgan fingerprint density at radius 2 is 2.06 bits per heavy atom. The van der Waals surface area contributed by atoms with E-state index in [4.69, 9.17) is 4.74 Å². The van der Waals surface area contributed by atoms with Crippen LogP contribution in [0, 0.1) is 12.8 Å². The number of hydrogen-bond donors (Lipinski definition) is 2. The Hall–Kier alpha value is -2.70. The van der Waals surface area contributed by atoms with Gasteiger partial charge in [0.15, 0.2) is 0 Å². The van der Waals surface area contributed by atoms with E-state index in [0.29, 0.717) is 24.6 Å². The standard InChI is InChI=1S/C27H35N3O3/c1-3-30(23-10-12-33-13-11-23)26-9-5-8-25-24(26)7-4-6-20(18-31)15-21-14-19(2)28-16-22(21)17-29-27(25)32/h4-6,8-9,14,16,20,23,31H,3,7,10-13,15,17-18H2,1-2H3,(H,29,32)/b6-4-. The smallest absolute Gasteiger partial charge is 0.251 e. The Kier molecular flexibility index (Phi) is 7.78. The highest BCUT2D eigenvalue weighted by molar-refractivity contribution is 5.97. The monoisotopic (exact) mass is 449 g/mol. The van der Waals surface area contributed by atoms with E-state index >= 15 is 0 Å². The molecule has 1 aromatic heterocycles. The molecule has 1 atom stereocenters. The number of benzene rings is 1. The number of fused-ring (bicyclic) bond motifs is 2. The van der Waals surface area contributed by atoms with E-state index in [0.717, 1.165) is 67.1 Å². The van der Waals surface area contributed by atoms with Crippen LogP contribution in [-0.4, -0.2) is 48.4 Å². The second-order valence-electron chi connectivity index (χ2n) is 8.99. The third-order valence-corrected chi connectivity index (χ3v) is 6.78. The van der Waals surface area contributed by atoms with Crippen molar-refractivity contribution in [2.45, 2.75) is 52.1 Å². The molecular weight excluding hydrogens is 414 g/mol. The van der Waals surface area contributed by atoms with Crippen LogP contribution >= 0.6 is 0 Å². The van der Waals surface area contributed by atoms with Crippen LogP contribution in [0.25, 0.3) is 0 Å². The summed E-state index contributed by atoms with van der Waals surface area (Å²) in [5.41, 5.74) is 5.94. The van der Waals surface area contributed by atoms with Crippen molar-refractivity contribution in [3.05, 3.63) is 70.6 Å². The lowest BCUT2D eigenvalue weighted by Crippen LogP contribution is -2.40. The fraction of sp³-hybridized carbons (Fsp3) is 0.481. The second-order valence-corrected chi connectivity index (χ2v) is 8.99. The Morgan fingerprint density at radius 3 is 2.82 bits per heavy atom. The molecule has 0 saturated carbocycles. The van der Waals surface area contributed by atoms with Crippen LogP contribution in [0.15, 0.2) is 42.6 Å². The van der Waals surface area contributed by atoms with Gasteiger partial charge in [0.25, 0.3) is 5.91 Å². The molecule has 176 valence electrons. The van der Waals surface area contributed by atoms with Gasteiger partial charge in [-0.05, 0) is 74.4 Å². The lowest BCUT2D eigenvalue weighted by molar-refractivity contribution is 0.0845. The van der Waals surface area contributed by atoms with Crippen LogP contribution in [-0.2, 0) is 24.1 Å². The summed E-state index contributed by atoms with van der Waals surface area (Å²) in [5, 5.41) is 13.1. The highest BCUT2D eigenvalue weighted by Crippen LogP contribution is 2.30. The van der Waals surface area contributed by atoms with Crippen LogP contribution in [0.2, 0.25) is 0 Å². The number of ether oxygens (including phenoxy) is 1. The lowest BCUT2D eigenvalue weighted by Gasteiger charge is -2.37. The highest BCUT2D eigenvalue weighted by Gasteiger charge is 2.25. The van der Waals surface area contributed by atoms with Crippen molar-refractivity contribution < 1.29 is 14.6 Å².